The van der Waals surface area contributed by atoms with Crippen LogP contribution in [0.5, 0.6) is 0 Å². The SMILES string of the molecule is CCOC(=O)c1cnc2ccc(F)cc2c1N1CCC(CC(=O)NC)CC1. The maximum absolute atomic E-state index is 13.9. The first-order valence-electron chi connectivity index (χ1n) is 9.24. The third-order valence-corrected chi connectivity index (χ3v) is 4.98. The molecule has 2 heterocycles. The molecule has 1 amide bonds. The molecule has 6 nitrogen and oxygen atoms in total. The highest BCUT2D eigenvalue weighted by Gasteiger charge is 2.26. The first kappa shape index (κ1) is 19.1. The summed E-state index contributed by atoms with van der Waals surface area (Å²) in [5.74, 6) is -0.492. The van der Waals surface area contributed by atoms with E-state index in [1.165, 1.54) is 18.3 Å². The van der Waals surface area contributed by atoms with Gasteiger partial charge in [0.15, 0.2) is 0 Å². The molecule has 0 bridgehead atoms. The summed E-state index contributed by atoms with van der Waals surface area (Å²) < 4.78 is 19.1. The fraction of sp³-hybridized carbons (Fsp3) is 0.450. The normalized spacial score (nSPS) is 15.0. The molecule has 2 aromatic rings. The lowest BCUT2D eigenvalue weighted by Gasteiger charge is -2.34. The molecule has 0 atom stereocenters. The Kier molecular flexibility index (Phi) is 5.88. The monoisotopic (exact) mass is 373 g/mol. The van der Waals surface area contributed by atoms with Crippen LogP contribution < -0.4 is 10.2 Å². The molecule has 7 heteroatoms. The average molecular weight is 373 g/mol. The maximum Gasteiger partial charge on any atom is 0.341 e. The average Bonchev–Trinajstić information content (AvgIpc) is 2.67. The van der Waals surface area contributed by atoms with Gasteiger partial charge in [-0.2, -0.15) is 0 Å². The molecule has 27 heavy (non-hydrogen) atoms. The van der Waals surface area contributed by atoms with Crippen LogP contribution >= 0.6 is 0 Å². The van der Waals surface area contributed by atoms with E-state index in [9.17, 15) is 14.0 Å². The Morgan fingerprint density at radius 2 is 2.07 bits per heavy atom. The van der Waals surface area contributed by atoms with Gasteiger partial charge in [0.25, 0.3) is 0 Å². The van der Waals surface area contributed by atoms with Gasteiger partial charge < -0.3 is 15.0 Å². The van der Waals surface area contributed by atoms with E-state index in [1.807, 2.05) is 0 Å². The summed E-state index contributed by atoms with van der Waals surface area (Å²) in [7, 11) is 1.64. The van der Waals surface area contributed by atoms with Crippen LogP contribution in [0.15, 0.2) is 24.4 Å². The Balaban J connectivity index is 1.94. The molecule has 1 aliphatic rings. The predicted molar refractivity (Wildman–Crippen MR) is 101 cm³/mol. The Bertz CT molecular complexity index is 848. The number of nitrogens with one attached hydrogen (secondary N) is 1. The zero-order chi connectivity index (χ0) is 19.4. The van der Waals surface area contributed by atoms with E-state index in [0.29, 0.717) is 47.6 Å². The highest BCUT2D eigenvalue weighted by molar-refractivity contribution is 6.05. The molecule has 3 rings (SSSR count). The topological polar surface area (TPSA) is 71.5 Å². The quantitative estimate of drug-likeness (QED) is 0.816. The Hall–Kier alpha value is -2.70. The fourth-order valence-electron chi connectivity index (χ4n) is 3.57. The summed E-state index contributed by atoms with van der Waals surface area (Å²) in [5.41, 5.74) is 1.64. The lowest BCUT2D eigenvalue weighted by Crippen LogP contribution is -2.36. The zero-order valence-corrected chi connectivity index (χ0v) is 15.6. The second-order valence-corrected chi connectivity index (χ2v) is 6.71. The van der Waals surface area contributed by atoms with Crippen molar-refractivity contribution >= 4 is 28.5 Å². The summed E-state index contributed by atoms with van der Waals surface area (Å²) in [6.07, 6.45) is 3.66. The number of piperidine rings is 1. The van der Waals surface area contributed by atoms with Crippen LogP contribution in [-0.2, 0) is 9.53 Å². The van der Waals surface area contributed by atoms with Crippen LogP contribution in [-0.4, -0.2) is 43.6 Å². The number of hydrogen-bond acceptors (Lipinski definition) is 5. The van der Waals surface area contributed by atoms with Crippen molar-refractivity contribution < 1.29 is 18.7 Å². The Morgan fingerprint density at radius 3 is 2.74 bits per heavy atom. The summed E-state index contributed by atoms with van der Waals surface area (Å²) >= 11 is 0. The molecule has 1 N–H and O–H groups in total. The number of halogens is 1. The molecule has 0 radical (unpaired) electrons. The van der Waals surface area contributed by atoms with E-state index in [0.717, 1.165) is 12.8 Å². The minimum absolute atomic E-state index is 0.0390. The first-order valence-corrected chi connectivity index (χ1v) is 9.24. The van der Waals surface area contributed by atoms with Gasteiger partial charge >= 0.3 is 5.97 Å². The summed E-state index contributed by atoms with van der Waals surface area (Å²) in [4.78, 5) is 30.5. The first-order chi connectivity index (χ1) is 13.0. The van der Waals surface area contributed by atoms with Crippen molar-refractivity contribution in [3.8, 4) is 0 Å². The minimum atomic E-state index is -0.460. The van der Waals surface area contributed by atoms with Crippen molar-refractivity contribution in [2.45, 2.75) is 26.2 Å². The minimum Gasteiger partial charge on any atom is -0.462 e. The van der Waals surface area contributed by atoms with Gasteiger partial charge in [-0.25, -0.2) is 9.18 Å². The number of carbonyl (C=O) groups is 2. The van der Waals surface area contributed by atoms with E-state index >= 15 is 0 Å². The smallest absolute Gasteiger partial charge is 0.341 e. The number of anilines is 1. The van der Waals surface area contributed by atoms with Crippen LogP contribution in [0.4, 0.5) is 10.1 Å². The Morgan fingerprint density at radius 1 is 1.33 bits per heavy atom. The number of amides is 1. The number of ether oxygens (including phenoxy) is 1. The number of fused-ring (bicyclic) bond motifs is 1. The second kappa shape index (κ2) is 8.33. The van der Waals surface area contributed by atoms with Crippen molar-refractivity contribution in [2.75, 3.05) is 31.6 Å². The maximum atomic E-state index is 13.9. The van der Waals surface area contributed by atoms with Gasteiger partial charge in [-0.05, 0) is 43.9 Å². The lowest BCUT2D eigenvalue weighted by molar-refractivity contribution is -0.121. The van der Waals surface area contributed by atoms with E-state index < -0.39 is 5.97 Å². The number of carbonyl (C=O) groups excluding carboxylic acids is 2. The number of rotatable bonds is 5. The molecule has 1 saturated heterocycles. The lowest BCUT2D eigenvalue weighted by atomic mass is 9.92. The number of esters is 1. The van der Waals surface area contributed by atoms with E-state index in [2.05, 4.69) is 15.2 Å². The van der Waals surface area contributed by atoms with Crippen LogP contribution in [0.1, 0.15) is 36.5 Å². The van der Waals surface area contributed by atoms with E-state index in [4.69, 9.17) is 4.74 Å². The van der Waals surface area contributed by atoms with Crippen molar-refractivity contribution in [3.05, 3.63) is 35.8 Å². The summed E-state index contributed by atoms with van der Waals surface area (Å²) in [6, 6.07) is 4.39. The summed E-state index contributed by atoms with van der Waals surface area (Å²) in [6.45, 7) is 3.37. The largest absolute Gasteiger partial charge is 0.462 e. The molecule has 1 fully saturated rings. The number of aromatic nitrogens is 1. The summed E-state index contributed by atoms with van der Waals surface area (Å²) in [5, 5.41) is 3.26. The number of hydrogen-bond donors (Lipinski definition) is 1. The fourth-order valence-corrected chi connectivity index (χ4v) is 3.57. The molecule has 0 saturated carbocycles. The van der Waals surface area contributed by atoms with Crippen LogP contribution in [0.2, 0.25) is 0 Å². The molecule has 1 aliphatic heterocycles. The second-order valence-electron chi connectivity index (χ2n) is 6.71. The standard InChI is InChI=1S/C20H24FN3O3/c1-3-27-20(26)16-12-23-17-5-4-14(21)11-15(17)19(16)24-8-6-13(7-9-24)10-18(25)22-2/h4-5,11-13H,3,6-10H2,1-2H3,(H,22,25). The zero-order valence-electron chi connectivity index (χ0n) is 15.6. The van der Waals surface area contributed by atoms with Gasteiger partial charge in [0, 0.05) is 38.1 Å². The molecule has 0 aliphatic carbocycles. The third-order valence-electron chi connectivity index (χ3n) is 4.98. The molecule has 0 spiro atoms. The van der Waals surface area contributed by atoms with Crippen molar-refractivity contribution in [1.82, 2.24) is 10.3 Å². The number of pyridine rings is 1. The molecule has 1 aromatic heterocycles. The predicted octanol–water partition coefficient (Wildman–Crippen LogP) is 2.90. The van der Waals surface area contributed by atoms with Crippen molar-refractivity contribution in [1.29, 1.82) is 0 Å². The molecular formula is C20H24FN3O3. The van der Waals surface area contributed by atoms with Gasteiger partial charge in [0.2, 0.25) is 5.91 Å². The van der Waals surface area contributed by atoms with Crippen molar-refractivity contribution in [3.63, 3.8) is 0 Å². The Labute approximate surface area is 157 Å². The van der Waals surface area contributed by atoms with Gasteiger partial charge in [-0.3, -0.25) is 9.78 Å². The molecule has 0 unspecified atom stereocenters. The molecule has 144 valence electrons. The molecule has 1 aromatic carbocycles. The number of nitrogens with zero attached hydrogens (tertiary/aromatic N) is 2. The van der Waals surface area contributed by atoms with E-state index in [-0.39, 0.29) is 18.3 Å². The van der Waals surface area contributed by atoms with Gasteiger partial charge in [0.05, 0.1) is 17.8 Å². The number of benzene rings is 1. The third kappa shape index (κ3) is 4.18. The van der Waals surface area contributed by atoms with Gasteiger partial charge in [0.1, 0.15) is 11.4 Å². The van der Waals surface area contributed by atoms with Gasteiger partial charge in [-0.15, -0.1) is 0 Å². The van der Waals surface area contributed by atoms with Crippen LogP contribution in [0.25, 0.3) is 10.9 Å². The van der Waals surface area contributed by atoms with Gasteiger partial charge in [-0.1, -0.05) is 0 Å². The van der Waals surface area contributed by atoms with Crippen LogP contribution in [0, 0.1) is 11.7 Å². The molecular weight excluding hydrogens is 349 g/mol. The van der Waals surface area contributed by atoms with Crippen molar-refractivity contribution in [2.24, 2.45) is 5.92 Å². The highest BCUT2D eigenvalue weighted by atomic mass is 19.1. The van der Waals surface area contributed by atoms with E-state index in [1.54, 1.807) is 20.0 Å². The van der Waals surface area contributed by atoms with Crippen LogP contribution in [0.3, 0.4) is 0 Å². The highest BCUT2D eigenvalue weighted by Crippen LogP contribution is 2.34.